The molecule has 0 aromatic heterocycles. The zero-order chi connectivity index (χ0) is 14.8. The lowest BCUT2D eigenvalue weighted by atomic mass is 10.2. The number of ether oxygens (including phenoxy) is 2. The summed E-state index contributed by atoms with van der Waals surface area (Å²) >= 11 is 0. The first-order valence-corrected chi connectivity index (χ1v) is 6.49. The van der Waals surface area contributed by atoms with Gasteiger partial charge in [-0.1, -0.05) is 12.1 Å². The Balaban J connectivity index is 2.47. The lowest BCUT2D eigenvalue weighted by Crippen LogP contribution is -2.30. The molecule has 2 N–H and O–H groups in total. The Morgan fingerprint density at radius 1 is 1.25 bits per heavy atom. The molecular weight excluding hydrogens is 260 g/mol. The molecule has 20 heavy (non-hydrogen) atoms. The van der Waals surface area contributed by atoms with Gasteiger partial charge in [-0.3, -0.25) is 0 Å². The minimum absolute atomic E-state index is 0.319. The maximum Gasteiger partial charge on any atom is 0.339 e. The monoisotopic (exact) mass is 280 g/mol. The smallest absolute Gasteiger partial charge is 0.339 e. The highest BCUT2D eigenvalue weighted by molar-refractivity contribution is 6.00. The summed E-state index contributed by atoms with van der Waals surface area (Å²) in [6, 6.07) is 6.31. The van der Waals surface area contributed by atoms with E-state index >= 15 is 0 Å². The highest BCUT2D eigenvalue weighted by atomic mass is 16.5. The Morgan fingerprint density at radius 2 is 2.00 bits per heavy atom. The van der Waals surface area contributed by atoms with Gasteiger partial charge in [-0.15, -0.1) is 0 Å². The zero-order valence-corrected chi connectivity index (χ0v) is 11.8. The summed E-state index contributed by atoms with van der Waals surface area (Å²) in [5.41, 5.74) is 0.737. The van der Waals surface area contributed by atoms with Crippen LogP contribution in [0.1, 0.15) is 23.7 Å². The van der Waals surface area contributed by atoms with Gasteiger partial charge in [0.1, 0.15) is 0 Å². The molecule has 1 aromatic carbocycles. The Labute approximate surface area is 118 Å². The molecule has 0 aliphatic carbocycles. The topological polar surface area (TPSA) is 76.7 Å². The van der Waals surface area contributed by atoms with E-state index in [9.17, 15) is 9.59 Å². The minimum Gasteiger partial charge on any atom is -0.465 e. The van der Waals surface area contributed by atoms with E-state index in [1.54, 1.807) is 24.3 Å². The predicted octanol–water partition coefficient (Wildman–Crippen LogP) is 2.02. The quantitative estimate of drug-likeness (QED) is 0.592. The third-order valence-electron chi connectivity index (χ3n) is 2.54. The standard InChI is InChI=1S/C14H20N2O4/c1-3-20-10-6-9-15-14(18)16-12-8-5-4-7-11(12)13(17)19-2/h4-5,7-8H,3,6,9-10H2,1-2H3,(H2,15,16,18). The van der Waals surface area contributed by atoms with E-state index in [-0.39, 0.29) is 6.03 Å². The lowest BCUT2D eigenvalue weighted by molar-refractivity contribution is 0.0602. The van der Waals surface area contributed by atoms with Crippen molar-refractivity contribution in [2.24, 2.45) is 0 Å². The van der Waals surface area contributed by atoms with E-state index in [2.05, 4.69) is 15.4 Å². The van der Waals surface area contributed by atoms with Gasteiger partial charge in [0.15, 0.2) is 0 Å². The summed E-state index contributed by atoms with van der Waals surface area (Å²) in [6.45, 7) is 3.70. The number of hydrogen-bond acceptors (Lipinski definition) is 4. The van der Waals surface area contributed by atoms with Gasteiger partial charge in [0.2, 0.25) is 0 Å². The fourth-order valence-electron chi connectivity index (χ4n) is 1.57. The summed E-state index contributed by atoms with van der Waals surface area (Å²) in [5.74, 6) is -0.489. The summed E-state index contributed by atoms with van der Waals surface area (Å²) in [4.78, 5) is 23.2. The molecule has 2 amide bonds. The Hall–Kier alpha value is -2.08. The van der Waals surface area contributed by atoms with Crippen LogP contribution in [0.5, 0.6) is 0 Å². The third-order valence-corrected chi connectivity index (χ3v) is 2.54. The number of rotatable bonds is 7. The van der Waals surface area contributed by atoms with Crippen molar-refractivity contribution < 1.29 is 19.1 Å². The number of amides is 2. The first kappa shape index (κ1) is 16.0. The van der Waals surface area contributed by atoms with E-state index in [1.165, 1.54) is 7.11 Å². The van der Waals surface area contributed by atoms with Crippen LogP contribution in [-0.4, -0.2) is 38.9 Å². The van der Waals surface area contributed by atoms with Crippen LogP contribution in [0.3, 0.4) is 0 Å². The molecule has 0 saturated carbocycles. The Bertz CT molecular complexity index is 449. The molecule has 1 aromatic rings. The second-order valence-electron chi connectivity index (χ2n) is 3.97. The van der Waals surface area contributed by atoms with Crippen molar-refractivity contribution in [3.8, 4) is 0 Å². The number of esters is 1. The van der Waals surface area contributed by atoms with Gasteiger partial charge >= 0.3 is 12.0 Å². The molecule has 1 rings (SSSR count). The molecule has 0 atom stereocenters. The summed E-state index contributed by atoms with van der Waals surface area (Å²) in [6.07, 6.45) is 0.736. The van der Waals surface area contributed by atoms with Gasteiger partial charge in [-0.05, 0) is 25.5 Å². The van der Waals surface area contributed by atoms with Crippen molar-refractivity contribution in [2.75, 3.05) is 32.2 Å². The zero-order valence-electron chi connectivity index (χ0n) is 11.8. The first-order chi connectivity index (χ1) is 9.69. The summed E-state index contributed by atoms with van der Waals surface area (Å²) < 4.78 is 9.82. The summed E-state index contributed by atoms with van der Waals surface area (Å²) in [5, 5.41) is 5.32. The fourth-order valence-corrected chi connectivity index (χ4v) is 1.57. The van der Waals surface area contributed by atoms with Gasteiger partial charge in [0, 0.05) is 19.8 Å². The molecule has 0 aliphatic heterocycles. The molecule has 0 spiro atoms. The van der Waals surface area contributed by atoms with Crippen molar-refractivity contribution in [1.29, 1.82) is 0 Å². The molecule has 0 bridgehead atoms. The minimum atomic E-state index is -0.489. The number of hydrogen-bond donors (Lipinski definition) is 2. The molecular formula is C14H20N2O4. The van der Waals surface area contributed by atoms with Crippen LogP contribution in [0.2, 0.25) is 0 Å². The number of methoxy groups -OCH3 is 1. The third kappa shape index (κ3) is 5.27. The highest BCUT2D eigenvalue weighted by Gasteiger charge is 2.12. The normalized spacial score (nSPS) is 9.90. The number of carbonyl (C=O) groups is 2. The number of anilines is 1. The molecule has 0 saturated heterocycles. The highest BCUT2D eigenvalue weighted by Crippen LogP contribution is 2.15. The number of benzene rings is 1. The van der Waals surface area contributed by atoms with Gasteiger partial charge in [-0.25, -0.2) is 9.59 Å². The summed E-state index contributed by atoms with van der Waals surface area (Å²) in [7, 11) is 1.30. The number of nitrogens with one attached hydrogen (secondary N) is 2. The van der Waals surface area contributed by atoms with Gasteiger partial charge in [0.05, 0.1) is 18.4 Å². The van der Waals surface area contributed by atoms with Crippen molar-refractivity contribution in [3.63, 3.8) is 0 Å². The maximum absolute atomic E-state index is 11.7. The molecule has 0 unspecified atom stereocenters. The Morgan fingerprint density at radius 3 is 2.70 bits per heavy atom. The van der Waals surface area contributed by atoms with E-state index in [0.717, 1.165) is 6.42 Å². The van der Waals surface area contributed by atoms with Crippen LogP contribution < -0.4 is 10.6 Å². The van der Waals surface area contributed by atoms with Crippen LogP contribution >= 0.6 is 0 Å². The van der Waals surface area contributed by atoms with E-state index in [1.807, 2.05) is 6.92 Å². The molecule has 6 nitrogen and oxygen atoms in total. The Kier molecular flexibility index (Phi) is 7.13. The maximum atomic E-state index is 11.7. The van der Waals surface area contributed by atoms with Crippen molar-refractivity contribution in [1.82, 2.24) is 5.32 Å². The van der Waals surface area contributed by atoms with Crippen LogP contribution in [0.4, 0.5) is 10.5 Å². The van der Waals surface area contributed by atoms with Crippen molar-refractivity contribution >= 4 is 17.7 Å². The van der Waals surface area contributed by atoms with Gasteiger partial charge < -0.3 is 20.1 Å². The molecule has 0 fully saturated rings. The SMILES string of the molecule is CCOCCCNC(=O)Nc1ccccc1C(=O)OC. The van der Waals surface area contributed by atoms with Crippen LogP contribution in [-0.2, 0) is 9.47 Å². The fraction of sp³-hybridized carbons (Fsp3) is 0.429. The van der Waals surface area contributed by atoms with Gasteiger partial charge in [-0.2, -0.15) is 0 Å². The van der Waals surface area contributed by atoms with E-state index in [0.29, 0.717) is 31.0 Å². The number of para-hydroxylation sites is 1. The van der Waals surface area contributed by atoms with Gasteiger partial charge in [0.25, 0.3) is 0 Å². The molecule has 6 heteroatoms. The average Bonchev–Trinajstić information content (AvgIpc) is 2.47. The van der Waals surface area contributed by atoms with Crippen molar-refractivity contribution in [3.05, 3.63) is 29.8 Å². The largest absolute Gasteiger partial charge is 0.465 e. The second kappa shape index (κ2) is 8.92. The van der Waals surface area contributed by atoms with Crippen LogP contribution in [0.25, 0.3) is 0 Å². The molecule has 110 valence electrons. The van der Waals surface area contributed by atoms with E-state index in [4.69, 9.17) is 4.74 Å². The van der Waals surface area contributed by atoms with E-state index < -0.39 is 5.97 Å². The number of urea groups is 1. The van der Waals surface area contributed by atoms with Crippen LogP contribution in [0.15, 0.2) is 24.3 Å². The first-order valence-electron chi connectivity index (χ1n) is 6.49. The second-order valence-corrected chi connectivity index (χ2v) is 3.97. The molecule has 0 aliphatic rings. The van der Waals surface area contributed by atoms with Crippen LogP contribution in [0, 0.1) is 0 Å². The van der Waals surface area contributed by atoms with Crippen molar-refractivity contribution in [2.45, 2.75) is 13.3 Å². The molecule has 0 radical (unpaired) electrons. The predicted molar refractivity (Wildman–Crippen MR) is 75.9 cm³/mol. The average molecular weight is 280 g/mol. The number of carbonyl (C=O) groups excluding carboxylic acids is 2. The molecule has 0 heterocycles. The lowest BCUT2D eigenvalue weighted by Gasteiger charge is -2.10.